The van der Waals surface area contributed by atoms with Crippen LogP contribution in [0.4, 0.5) is 9.59 Å². The van der Waals surface area contributed by atoms with Crippen LogP contribution in [-0.2, 0) is 10.1 Å². The minimum Gasteiger partial charge on any atom is -0.744 e. The summed E-state index contributed by atoms with van der Waals surface area (Å²) in [4.78, 5) is 19.9. The van der Waals surface area contributed by atoms with E-state index in [0.717, 1.165) is 6.92 Å². The average Bonchev–Trinajstić information content (AvgIpc) is 2.00. The normalized spacial score (nSPS) is 14.4. The van der Waals surface area contributed by atoms with E-state index < -0.39 is 38.7 Å². The second-order valence-electron chi connectivity index (χ2n) is 2.45. The Morgan fingerprint density at radius 1 is 1.31 bits per heavy atom. The van der Waals surface area contributed by atoms with E-state index in [4.69, 9.17) is 10.2 Å². The van der Waals surface area contributed by atoms with Crippen molar-refractivity contribution < 1.29 is 67.4 Å². The maximum absolute atomic E-state index is 10.6. The molecule has 0 radical (unpaired) electrons. The molecule has 0 spiro atoms. The van der Waals surface area contributed by atoms with Crippen LogP contribution in [0.15, 0.2) is 0 Å². The molecule has 0 aromatic heterocycles. The van der Waals surface area contributed by atoms with E-state index in [1.807, 2.05) is 0 Å². The average molecular weight is 265 g/mol. The van der Waals surface area contributed by atoms with Crippen molar-refractivity contribution >= 4 is 22.3 Å². The molecule has 0 bridgehead atoms. The zero-order chi connectivity index (χ0) is 12.4. The van der Waals surface area contributed by atoms with Gasteiger partial charge in [0, 0.05) is 6.42 Å². The van der Waals surface area contributed by atoms with Gasteiger partial charge in [-0.3, -0.25) is 0 Å². The summed E-state index contributed by atoms with van der Waals surface area (Å²) in [5.74, 6) is 0. The molecule has 2 amide bonds. The van der Waals surface area contributed by atoms with Crippen LogP contribution >= 0.6 is 0 Å². The first-order valence-corrected chi connectivity index (χ1v) is 4.92. The first kappa shape index (κ1) is 18.0. The standard InChI is InChI=1S/C5H9NO8S.Na/c1-2-5(11,15(12,13)14)6(3(7)8)4(9)10;/h11H,2H2,1H3,(H,7,8)(H,9,10)(H,12,13,14);/q;+1/p-1. The summed E-state index contributed by atoms with van der Waals surface area (Å²) in [6.45, 7) is 0.953. The largest absolute Gasteiger partial charge is 1.00 e. The van der Waals surface area contributed by atoms with Gasteiger partial charge in [0.25, 0.3) is 0 Å². The summed E-state index contributed by atoms with van der Waals surface area (Å²) in [7, 11) is -5.53. The first-order chi connectivity index (χ1) is 6.58. The van der Waals surface area contributed by atoms with Gasteiger partial charge in [0.05, 0.1) is 0 Å². The summed E-state index contributed by atoms with van der Waals surface area (Å²) >= 11 is 0. The number of nitrogens with zero attached hydrogens (tertiary/aromatic N) is 1. The molecule has 0 fully saturated rings. The third-order valence-corrected chi connectivity index (χ3v) is 2.86. The molecular formula is C5H8NNaO8S. The van der Waals surface area contributed by atoms with Gasteiger partial charge < -0.3 is 19.9 Å². The Balaban J connectivity index is 0. The Labute approximate surface area is 113 Å². The van der Waals surface area contributed by atoms with E-state index in [0.29, 0.717) is 0 Å². The first-order valence-electron chi connectivity index (χ1n) is 3.51. The van der Waals surface area contributed by atoms with Crippen LogP contribution in [-0.4, -0.2) is 50.4 Å². The molecule has 0 aliphatic heterocycles. The van der Waals surface area contributed by atoms with Gasteiger partial charge >= 0.3 is 41.7 Å². The van der Waals surface area contributed by atoms with Crippen molar-refractivity contribution in [3.05, 3.63) is 0 Å². The minimum absolute atomic E-state index is 0. The summed E-state index contributed by atoms with van der Waals surface area (Å²) < 4.78 is 31.7. The summed E-state index contributed by atoms with van der Waals surface area (Å²) in [6.07, 6.45) is -5.42. The van der Waals surface area contributed by atoms with Crippen LogP contribution in [0.1, 0.15) is 13.3 Å². The third kappa shape index (κ3) is 3.30. The smallest absolute Gasteiger partial charge is 0.744 e. The Kier molecular flexibility index (Phi) is 6.52. The maximum atomic E-state index is 10.6. The molecule has 11 heteroatoms. The fraction of sp³-hybridized carbons (Fsp3) is 0.600. The van der Waals surface area contributed by atoms with Gasteiger partial charge in [0.2, 0.25) is 5.06 Å². The number of imide groups is 1. The fourth-order valence-corrected chi connectivity index (χ4v) is 1.56. The maximum Gasteiger partial charge on any atom is 1.00 e. The van der Waals surface area contributed by atoms with Gasteiger partial charge in [-0.2, -0.15) is 4.90 Å². The van der Waals surface area contributed by atoms with E-state index in [1.165, 1.54) is 0 Å². The van der Waals surface area contributed by atoms with Gasteiger partial charge in [-0.05, 0) is 0 Å². The zero-order valence-corrected chi connectivity index (χ0v) is 11.3. The number of aliphatic hydroxyl groups is 1. The van der Waals surface area contributed by atoms with Crippen LogP contribution < -0.4 is 29.6 Å². The minimum atomic E-state index is -5.53. The molecule has 0 aliphatic rings. The molecule has 88 valence electrons. The number of hydrogen-bond acceptors (Lipinski definition) is 6. The molecule has 0 saturated carbocycles. The second kappa shape index (κ2) is 5.80. The van der Waals surface area contributed by atoms with E-state index in [-0.39, 0.29) is 29.6 Å². The predicted octanol–water partition coefficient (Wildman–Crippen LogP) is -3.75. The van der Waals surface area contributed by atoms with E-state index in [2.05, 4.69) is 0 Å². The van der Waals surface area contributed by atoms with Crippen LogP contribution in [0, 0.1) is 0 Å². The Bertz CT molecular complexity index is 366. The Morgan fingerprint density at radius 2 is 1.62 bits per heavy atom. The summed E-state index contributed by atoms with van der Waals surface area (Å²) in [5, 5.41) is 22.4. The van der Waals surface area contributed by atoms with Crippen LogP contribution in [0.2, 0.25) is 0 Å². The van der Waals surface area contributed by atoms with Crippen LogP contribution in [0.5, 0.6) is 0 Å². The molecule has 9 nitrogen and oxygen atoms in total. The van der Waals surface area contributed by atoms with Crippen molar-refractivity contribution in [3.63, 3.8) is 0 Å². The van der Waals surface area contributed by atoms with Crippen molar-refractivity contribution in [1.82, 2.24) is 4.90 Å². The molecule has 1 atom stereocenters. The third-order valence-electron chi connectivity index (χ3n) is 1.59. The van der Waals surface area contributed by atoms with E-state index in [1.54, 1.807) is 0 Å². The second-order valence-corrected chi connectivity index (χ2v) is 4.01. The Morgan fingerprint density at radius 3 is 1.69 bits per heavy atom. The Hall–Kier alpha value is -0.390. The molecule has 0 heterocycles. The number of hydrogen-bond donors (Lipinski definition) is 3. The van der Waals surface area contributed by atoms with Crippen molar-refractivity contribution in [2.45, 2.75) is 18.4 Å². The number of carbonyl (C=O) groups is 2. The fourth-order valence-electron chi connectivity index (χ4n) is 0.827. The molecule has 0 aliphatic carbocycles. The van der Waals surface area contributed by atoms with E-state index in [9.17, 15) is 27.7 Å². The number of carboxylic acid groups (broad SMARTS) is 2. The molecule has 16 heavy (non-hydrogen) atoms. The van der Waals surface area contributed by atoms with Crippen molar-refractivity contribution in [2.75, 3.05) is 0 Å². The monoisotopic (exact) mass is 265 g/mol. The summed E-state index contributed by atoms with van der Waals surface area (Å²) in [5.41, 5.74) is 0. The van der Waals surface area contributed by atoms with Gasteiger partial charge in [0.1, 0.15) is 10.1 Å². The quantitative estimate of drug-likeness (QED) is 0.267. The van der Waals surface area contributed by atoms with Crippen molar-refractivity contribution in [1.29, 1.82) is 0 Å². The molecule has 0 saturated heterocycles. The van der Waals surface area contributed by atoms with Gasteiger partial charge in [-0.25, -0.2) is 18.0 Å². The SMILES string of the molecule is CCC(O)(N(C(=O)O)C(=O)O)S(=O)(=O)[O-].[Na+]. The van der Waals surface area contributed by atoms with Gasteiger partial charge in [-0.15, -0.1) is 0 Å². The van der Waals surface area contributed by atoms with Crippen molar-refractivity contribution in [2.24, 2.45) is 0 Å². The summed E-state index contributed by atoms with van der Waals surface area (Å²) in [6, 6.07) is 0. The van der Waals surface area contributed by atoms with Gasteiger partial charge in [0.15, 0.2) is 0 Å². The van der Waals surface area contributed by atoms with E-state index >= 15 is 0 Å². The van der Waals surface area contributed by atoms with Gasteiger partial charge in [-0.1, -0.05) is 6.92 Å². The predicted molar refractivity (Wildman–Crippen MR) is 42.8 cm³/mol. The molecule has 0 aromatic rings. The van der Waals surface area contributed by atoms with Crippen LogP contribution in [0.3, 0.4) is 0 Å². The molecular weight excluding hydrogens is 257 g/mol. The molecule has 1 unspecified atom stereocenters. The number of rotatable bonds is 3. The molecule has 0 aromatic carbocycles. The number of amides is 2. The van der Waals surface area contributed by atoms with Crippen molar-refractivity contribution in [3.8, 4) is 0 Å². The topological polar surface area (TPSA) is 155 Å². The molecule has 0 rings (SSSR count). The zero-order valence-electron chi connectivity index (χ0n) is 8.45. The van der Waals surface area contributed by atoms with Crippen LogP contribution in [0.25, 0.3) is 0 Å². The molecule has 3 N–H and O–H groups in total.